The number of fused-ring (bicyclic) bond motifs is 1. The van der Waals surface area contributed by atoms with Gasteiger partial charge >= 0.3 is 0 Å². The number of aliphatic hydroxyl groups excluding tert-OH is 1. The van der Waals surface area contributed by atoms with Crippen LogP contribution in [0.25, 0.3) is 10.2 Å². The summed E-state index contributed by atoms with van der Waals surface area (Å²) in [5, 5.41) is 10.7. The maximum Gasteiger partial charge on any atom is 0.222 e. The van der Waals surface area contributed by atoms with E-state index in [1.54, 1.807) is 11.3 Å². The number of aromatic nitrogens is 2. The highest BCUT2D eigenvalue weighted by molar-refractivity contribution is 7.99. The number of nitrogens with zero attached hydrogens (tertiary/aromatic N) is 2. The minimum atomic E-state index is 0.138. The smallest absolute Gasteiger partial charge is 0.222 e. The molecule has 0 aromatic carbocycles. The monoisotopic (exact) mass is 241 g/mol. The van der Waals surface area contributed by atoms with Crippen molar-refractivity contribution in [3.05, 3.63) is 10.9 Å². The third-order valence-electron chi connectivity index (χ3n) is 1.83. The van der Waals surface area contributed by atoms with Crippen molar-refractivity contribution in [1.29, 1.82) is 0 Å². The molecule has 2 rings (SSSR count). The van der Waals surface area contributed by atoms with E-state index in [-0.39, 0.29) is 6.61 Å². The molecule has 0 unspecified atom stereocenters. The van der Waals surface area contributed by atoms with Crippen LogP contribution in [0.2, 0.25) is 0 Å². The molecule has 6 heteroatoms. The highest BCUT2D eigenvalue weighted by Crippen LogP contribution is 2.31. The Morgan fingerprint density at radius 3 is 3.07 bits per heavy atom. The van der Waals surface area contributed by atoms with Crippen LogP contribution in [0.4, 0.5) is 5.95 Å². The van der Waals surface area contributed by atoms with Gasteiger partial charge in [-0.2, -0.15) is 0 Å². The molecular weight excluding hydrogens is 230 g/mol. The lowest BCUT2D eigenvalue weighted by molar-refractivity contribution is 0.322. The fourth-order valence-electron chi connectivity index (χ4n) is 1.28. The fraction of sp³-hybridized carbons (Fsp3) is 0.333. The summed E-state index contributed by atoms with van der Waals surface area (Å²) in [6.07, 6.45) is 0. The van der Waals surface area contributed by atoms with Crippen LogP contribution in [0.15, 0.2) is 11.1 Å². The zero-order valence-corrected chi connectivity index (χ0v) is 9.86. The maximum atomic E-state index is 8.78. The summed E-state index contributed by atoms with van der Waals surface area (Å²) in [6.45, 7) is 2.17. The summed E-state index contributed by atoms with van der Waals surface area (Å²) >= 11 is 3.11. The number of nitrogens with two attached hydrogens (primary N) is 1. The Morgan fingerprint density at radius 1 is 1.53 bits per heavy atom. The topological polar surface area (TPSA) is 72.0 Å². The molecule has 2 heterocycles. The van der Waals surface area contributed by atoms with Gasteiger partial charge in [-0.3, -0.25) is 0 Å². The van der Waals surface area contributed by atoms with E-state index in [1.807, 2.05) is 6.92 Å². The summed E-state index contributed by atoms with van der Waals surface area (Å²) in [5.74, 6) is 0.922. The molecule has 0 fully saturated rings. The number of thiophene rings is 1. The van der Waals surface area contributed by atoms with Crippen LogP contribution in [-0.2, 0) is 0 Å². The molecule has 0 amide bonds. The Labute approximate surface area is 95.5 Å². The van der Waals surface area contributed by atoms with Crippen LogP contribution in [0.3, 0.4) is 0 Å². The van der Waals surface area contributed by atoms with E-state index >= 15 is 0 Å². The second-order valence-electron chi connectivity index (χ2n) is 3.03. The van der Waals surface area contributed by atoms with E-state index in [1.165, 1.54) is 16.6 Å². The van der Waals surface area contributed by atoms with Crippen molar-refractivity contribution in [2.75, 3.05) is 18.1 Å². The molecule has 0 aliphatic heterocycles. The van der Waals surface area contributed by atoms with Gasteiger partial charge < -0.3 is 10.8 Å². The Kier molecular flexibility index (Phi) is 3.08. The minimum absolute atomic E-state index is 0.138. The van der Waals surface area contributed by atoms with Crippen LogP contribution in [0, 0.1) is 6.92 Å². The molecule has 2 aromatic heterocycles. The van der Waals surface area contributed by atoms with Gasteiger partial charge in [0.25, 0.3) is 0 Å². The summed E-state index contributed by atoms with van der Waals surface area (Å²) in [5.41, 5.74) is 5.61. The second-order valence-corrected chi connectivity index (χ2v) is 5.35. The largest absolute Gasteiger partial charge is 0.396 e. The molecule has 4 nitrogen and oxygen atoms in total. The lowest BCUT2D eigenvalue weighted by Gasteiger charge is -2.01. The summed E-state index contributed by atoms with van der Waals surface area (Å²) in [7, 11) is 0. The number of rotatable bonds is 3. The summed E-state index contributed by atoms with van der Waals surface area (Å²) < 4.78 is 0. The van der Waals surface area contributed by atoms with Crippen LogP contribution < -0.4 is 5.73 Å². The molecule has 80 valence electrons. The maximum absolute atomic E-state index is 8.78. The first-order chi connectivity index (χ1) is 7.20. The molecular formula is C9H11N3OS2. The average molecular weight is 241 g/mol. The van der Waals surface area contributed by atoms with Crippen molar-refractivity contribution >= 4 is 39.3 Å². The van der Waals surface area contributed by atoms with E-state index in [0.717, 1.165) is 15.2 Å². The van der Waals surface area contributed by atoms with Gasteiger partial charge in [-0.25, -0.2) is 9.97 Å². The van der Waals surface area contributed by atoms with Crippen molar-refractivity contribution in [1.82, 2.24) is 9.97 Å². The molecule has 0 aliphatic rings. The van der Waals surface area contributed by atoms with Gasteiger partial charge in [0.1, 0.15) is 9.86 Å². The van der Waals surface area contributed by atoms with E-state index in [0.29, 0.717) is 11.7 Å². The van der Waals surface area contributed by atoms with Crippen molar-refractivity contribution in [2.45, 2.75) is 11.9 Å². The van der Waals surface area contributed by atoms with Gasteiger partial charge in [-0.1, -0.05) is 0 Å². The predicted octanol–water partition coefficient (Wildman–Crippen LogP) is 1.67. The zero-order valence-electron chi connectivity index (χ0n) is 8.23. The van der Waals surface area contributed by atoms with Gasteiger partial charge in [0.05, 0.1) is 6.61 Å². The molecule has 0 aliphatic carbocycles. The van der Waals surface area contributed by atoms with Crippen molar-refractivity contribution in [3.63, 3.8) is 0 Å². The normalized spacial score (nSPS) is 11.1. The Morgan fingerprint density at radius 2 is 2.33 bits per heavy atom. The first-order valence-corrected chi connectivity index (χ1v) is 6.28. The number of hydrogen-bond acceptors (Lipinski definition) is 6. The first-order valence-electron chi connectivity index (χ1n) is 4.48. The van der Waals surface area contributed by atoms with Gasteiger partial charge in [0, 0.05) is 16.0 Å². The molecule has 15 heavy (non-hydrogen) atoms. The summed E-state index contributed by atoms with van der Waals surface area (Å²) in [4.78, 5) is 10.5. The van der Waals surface area contributed by atoms with Crippen LogP contribution in [0.5, 0.6) is 0 Å². The van der Waals surface area contributed by atoms with E-state index in [4.69, 9.17) is 10.8 Å². The average Bonchev–Trinajstić information content (AvgIpc) is 2.54. The van der Waals surface area contributed by atoms with Gasteiger partial charge in [0.2, 0.25) is 5.95 Å². The Balaban J connectivity index is 2.50. The number of hydrogen-bond donors (Lipinski definition) is 2. The Bertz CT molecular complexity index is 483. The number of nitrogen functional groups attached to an aromatic ring is 1. The molecule has 0 saturated carbocycles. The van der Waals surface area contributed by atoms with E-state index in [9.17, 15) is 0 Å². The molecule has 2 aromatic rings. The Hall–Kier alpha value is -0.850. The molecule has 0 radical (unpaired) electrons. The zero-order chi connectivity index (χ0) is 10.8. The van der Waals surface area contributed by atoms with Crippen molar-refractivity contribution < 1.29 is 5.11 Å². The fourth-order valence-corrected chi connectivity index (χ4v) is 2.99. The van der Waals surface area contributed by atoms with Crippen LogP contribution in [0.1, 0.15) is 4.88 Å². The number of aliphatic hydroxyl groups is 1. The number of aryl methyl sites for hydroxylation is 1. The molecule has 3 N–H and O–H groups in total. The summed E-state index contributed by atoms with van der Waals surface area (Å²) in [6, 6.07) is 2.05. The van der Waals surface area contributed by atoms with Crippen molar-refractivity contribution in [3.8, 4) is 0 Å². The van der Waals surface area contributed by atoms with Crippen LogP contribution in [-0.4, -0.2) is 27.4 Å². The third-order valence-corrected chi connectivity index (χ3v) is 3.74. The van der Waals surface area contributed by atoms with Crippen molar-refractivity contribution in [2.24, 2.45) is 0 Å². The minimum Gasteiger partial charge on any atom is -0.396 e. The number of thioether (sulfide) groups is 1. The van der Waals surface area contributed by atoms with Crippen LogP contribution >= 0.6 is 23.1 Å². The number of anilines is 1. The standard InChI is InChI=1S/C9H11N3OS2/c1-5-4-6-7(14-3-2-13)11-9(10)12-8(6)15-5/h4,13H,2-3H2,1H3,(H2,10,11,12). The second kappa shape index (κ2) is 4.34. The quantitative estimate of drug-likeness (QED) is 0.631. The van der Waals surface area contributed by atoms with Gasteiger partial charge in [-0.05, 0) is 13.0 Å². The molecule has 0 saturated heterocycles. The lowest BCUT2D eigenvalue weighted by Crippen LogP contribution is -1.96. The highest BCUT2D eigenvalue weighted by atomic mass is 32.2. The molecule has 0 spiro atoms. The molecule has 0 atom stereocenters. The van der Waals surface area contributed by atoms with Gasteiger partial charge in [0.15, 0.2) is 0 Å². The third kappa shape index (κ3) is 2.22. The highest BCUT2D eigenvalue weighted by Gasteiger charge is 2.09. The molecule has 0 bridgehead atoms. The first kappa shape index (κ1) is 10.7. The van der Waals surface area contributed by atoms with E-state index in [2.05, 4.69) is 16.0 Å². The SMILES string of the molecule is Cc1cc2c(SCCO)nc(N)nc2s1. The van der Waals surface area contributed by atoms with E-state index < -0.39 is 0 Å². The predicted molar refractivity (Wildman–Crippen MR) is 64.4 cm³/mol. The lowest BCUT2D eigenvalue weighted by atomic mass is 10.4. The van der Waals surface area contributed by atoms with Gasteiger partial charge in [-0.15, -0.1) is 23.1 Å².